The fourth-order valence-corrected chi connectivity index (χ4v) is 3.92. The number of amidine groups is 1. The van der Waals surface area contributed by atoms with E-state index in [0.717, 1.165) is 11.8 Å². The van der Waals surface area contributed by atoms with Crippen molar-refractivity contribution in [3.63, 3.8) is 0 Å². The monoisotopic (exact) mass is 436 g/mol. The van der Waals surface area contributed by atoms with Gasteiger partial charge < -0.3 is 0 Å². The van der Waals surface area contributed by atoms with Gasteiger partial charge in [0.1, 0.15) is 6.54 Å². The van der Waals surface area contributed by atoms with Gasteiger partial charge in [-0.2, -0.15) is 26.3 Å². The maximum absolute atomic E-state index is 12.6. The van der Waals surface area contributed by atoms with Crippen LogP contribution in [-0.4, -0.2) is 46.4 Å². The first kappa shape index (κ1) is 21.2. The van der Waals surface area contributed by atoms with Crippen molar-refractivity contribution >= 4 is 51.9 Å². The molecule has 1 heterocycles. The summed E-state index contributed by atoms with van der Waals surface area (Å²) in [5.74, 6) is -2.08. The maximum Gasteiger partial charge on any atom is 0.406 e. The zero-order valence-corrected chi connectivity index (χ0v) is 15.4. The molecule has 0 saturated carbocycles. The third-order valence-electron chi connectivity index (χ3n) is 3.05. The van der Waals surface area contributed by atoms with E-state index < -0.39 is 30.6 Å². The first-order valence-corrected chi connectivity index (χ1v) is 9.29. The Morgan fingerprint density at radius 3 is 2.46 bits per heavy atom. The molecule has 1 aromatic rings. The highest BCUT2D eigenvalue weighted by Crippen LogP contribution is 2.37. The molecule has 0 atom stereocenters. The van der Waals surface area contributed by atoms with E-state index in [2.05, 4.69) is 4.99 Å². The molecule has 144 valence electrons. The summed E-state index contributed by atoms with van der Waals surface area (Å²) in [4.78, 5) is 16.4. The van der Waals surface area contributed by atoms with Crippen LogP contribution in [0.5, 0.6) is 0 Å². The lowest BCUT2D eigenvalue weighted by molar-refractivity contribution is -0.150. The van der Waals surface area contributed by atoms with Gasteiger partial charge in [0.2, 0.25) is 5.91 Å². The minimum Gasteiger partial charge on any atom is -0.281 e. The molecule has 0 spiro atoms. The van der Waals surface area contributed by atoms with E-state index >= 15 is 0 Å². The third-order valence-corrected chi connectivity index (χ3v) is 5.53. The molecule has 1 aliphatic rings. The van der Waals surface area contributed by atoms with E-state index in [4.69, 9.17) is 11.6 Å². The van der Waals surface area contributed by atoms with Crippen molar-refractivity contribution in [2.75, 3.05) is 18.1 Å². The molecule has 0 aromatic heterocycles. The number of aliphatic imine (C=N–C) groups is 1. The minimum atomic E-state index is -4.61. The summed E-state index contributed by atoms with van der Waals surface area (Å²) in [5, 5.41) is -0.122. The third kappa shape index (κ3) is 5.98. The van der Waals surface area contributed by atoms with Gasteiger partial charge in [-0.15, -0.1) is 11.8 Å². The fraction of sp³-hybridized carbons (Fsp3) is 0.429. The average Bonchev–Trinajstić information content (AvgIpc) is 2.79. The molecular formula is C14H11ClF6N2OS2. The normalized spacial score (nSPS) is 17.5. The molecule has 0 aliphatic carbocycles. The second kappa shape index (κ2) is 7.89. The number of amides is 1. The number of carbonyl (C=O) groups is 1. The number of alkyl halides is 6. The number of nitrogens with zero attached hydrogens (tertiary/aromatic N) is 2. The Morgan fingerprint density at radius 1 is 1.23 bits per heavy atom. The predicted octanol–water partition coefficient (Wildman–Crippen LogP) is 5.43. The quantitative estimate of drug-likeness (QED) is 0.466. The standard InChI is InChI=1S/C14H11ClF6N2OS2/c1-7-2-8(15)9(3-10(7)26-6-14(19,20)21)22-12-23(5-13(16,17)18)11(24)4-25-12/h2-3H,4-6H2,1H3. The SMILES string of the molecule is Cc1cc(Cl)c(N=C2SCC(=O)N2CC(F)(F)F)cc1SCC(F)(F)F. The molecule has 1 aliphatic heterocycles. The van der Waals surface area contributed by atoms with Gasteiger partial charge in [-0.1, -0.05) is 23.4 Å². The zero-order chi connectivity index (χ0) is 19.7. The second-order valence-electron chi connectivity index (χ2n) is 5.25. The molecule has 26 heavy (non-hydrogen) atoms. The van der Waals surface area contributed by atoms with Crippen molar-refractivity contribution < 1.29 is 31.1 Å². The highest BCUT2D eigenvalue weighted by atomic mass is 35.5. The Balaban J connectivity index is 2.32. The number of hydrogen-bond donors (Lipinski definition) is 0. The summed E-state index contributed by atoms with van der Waals surface area (Å²) in [6, 6.07) is 2.66. The van der Waals surface area contributed by atoms with Gasteiger partial charge in [0, 0.05) is 4.90 Å². The van der Waals surface area contributed by atoms with E-state index in [9.17, 15) is 31.1 Å². The van der Waals surface area contributed by atoms with Crippen LogP contribution in [0.4, 0.5) is 32.0 Å². The highest BCUT2D eigenvalue weighted by molar-refractivity contribution is 8.15. The molecule has 1 aromatic carbocycles. The van der Waals surface area contributed by atoms with Gasteiger partial charge >= 0.3 is 12.4 Å². The first-order chi connectivity index (χ1) is 11.9. The molecule has 0 bridgehead atoms. The van der Waals surface area contributed by atoms with Crippen molar-refractivity contribution in [2.45, 2.75) is 24.2 Å². The number of benzene rings is 1. The van der Waals surface area contributed by atoms with Crippen molar-refractivity contribution in [1.82, 2.24) is 4.90 Å². The Morgan fingerprint density at radius 2 is 1.88 bits per heavy atom. The van der Waals surface area contributed by atoms with E-state index in [0.29, 0.717) is 22.2 Å². The molecule has 1 fully saturated rings. The summed E-state index contributed by atoms with van der Waals surface area (Å²) in [7, 11) is 0. The molecule has 1 saturated heterocycles. The van der Waals surface area contributed by atoms with E-state index in [1.807, 2.05) is 0 Å². The highest BCUT2D eigenvalue weighted by Gasteiger charge is 2.39. The smallest absolute Gasteiger partial charge is 0.281 e. The predicted molar refractivity (Wildman–Crippen MR) is 90.3 cm³/mol. The van der Waals surface area contributed by atoms with Crippen LogP contribution in [0.1, 0.15) is 5.56 Å². The summed E-state index contributed by atoms with van der Waals surface area (Å²) in [6.45, 7) is 0.0716. The van der Waals surface area contributed by atoms with E-state index in [1.165, 1.54) is 12.1 Å². The summed E-state index contributed by atoms with van der Waals surface area (Å²) in [5.41, 5.74) is 0.488. The summed E-state index contributed by atoms with van der Waals surface area (Å²) in [6.07, 6.45) is -8.98. The molecule has 1 amide bonds. The van der Waals surface area contributed by atoms with Crippen LogP contribution >= 0.6 is 35.1 Å². The lowest BCUT2D eigenvalue weighted by Gasteiger charge is -2.18. The van der Waals surface area contributed by atoms with E-state index in [1.54, 1.807) is 6.92 Å². The molecular weight excluding hydrogens is 426 g/mol. The van der Waals surface area contributed by atoms with E-state index in [-0.39, 0.29) is 26.5 Å². The number of halogens is 7. The van der Waals surface area contributed by atoms with Crippen LogP contribution in [0.3, 0.4) is 0 Å². The van der Waals surface area contributed by atoms with Crippen molar-refractivity contribution in [3.8, 4) is 0 Å². The number of rotatable bonds is 4. The van der Waals surface area contributed by atoms with Crippen LogP contribution in [-0.2, 0) is 4.79 Å². The molecule has 0 radical (unpaired) electrons. The van der Waals surface area contributed by atoms with Crippen molar-refractivity contribution in [3.05, 3.63) is 22.7 Å². The Labute approximate surface area is 158 Å². The first-order valence-electron chi connectivity index (χ1n) is 6.94. The molecule has 2 rings (SSSR count). The maximum atomic E-state index is 12.6. The van der Waals surface area contributed by atoms with Gasteiger partial charge in [0.25, 0.3) is 0 Å². The van der Waals surface area contributed by atoms with Gasteiger partial charge in [0.05, 0.1) is 22.2 Å². The van der Waals surface area contributed by atoms with Gasteiger partial charge in [-0.05, 0) is 24.6 Å². The van der Waals surface area contributed by atoms with Gasteiger partial charge in [-0.25, -0.2) is 4.99 Å². The number of aryl methyl sites for hydroxylation is 1. The zero-order valence-electron chi connectivity index (χ0n) is 13.0. The van der Waals surface area contributed by atoms with Gasteiger partial charge in [-0.3, -0.25) is 9.69 Å². The van der Waals surface area contributed by atoms with Crippen LogP contribution in [0.2, 0.25) is 5.02 Å². The van der Waals surface area contributed by atoms with Crippen molar-refractivity contribution in [1.29, 1.82) is 0 Å². The molecule has 12 heteroatoms. The van der Waals surface area contributed by atoms with Crippen LogP contribution in [0.25, 0.3) is 0 Å². The molecule has 0 unspecified atom stereocenters. The number of hydrogen-bond acceptors (Lipinski definition) is 4. The van der Waals surface area contributed by atoms with Crippen molar-refractivity contribution in [2.24, 2.45) is 4.99 Å². The lowest BCUT2D eigenvalue weighted by Crippen LogP contribution is -2.38. The van der Waals surface area contributed by atoms with Crippen LogP contribution < -0.4 is 0 Å². The Kier molecular flexibility index (Phi) is 6.44. The van der Waals surface area contributed by atoms with Crippen LogP contribution in [0.15, 0.2) is 22.0 Å². The van der Waals surface area contributed by atoms with Gasteiger partial charge in [0.15, 0.2) is 5.17 Å². The summed E-state index contributed by atoms with van der Waals surface area (Å²) >= 11 is 7.35. The Hall–Kier alpha value is -1.07. The summed E-state index contributed by atoms with van der Waals surface area (Å²) < 4.78 is 75.0. The van der Waals surface area contributed by atoms with Crippen LogP contribution in [0, 0.1) is 6.92 Å². The average molecular weight is 437 g/mol. The Bertz CT molecular complexity index is 735. The topological polar surface area (TPSA) is 32.7 Å². The molecule has 0 N–H and O–H groups in total. The second-order valence-corrected chi connectivity index (χ2v) is 7.62. The number of thioether (sulfide) groups is 2. The lowest BCUT2D eigenvalue weighted by atomic mass is 10.2. The minimum absolute atomic E-state index is 0.00585. The fourth-order valence-electron chi connectivity index (χ4n) is 1.96. The molecule has 3 nitrogen and oxygen atoms in total. The number of carbonyl (C=O) groups excluding carboxylic acids is 1. The largest absolute Gasteiger partial charge is 0.406 e.